The van der Waals surface area contributed by atoms with Crippen molar-refractivity contribution in [1.82, 2.24) is 5.32 Å². The molecule has 1 aliphatic heterocycles. The Morgan fingerprint density at radius 3 is 2.89 bits per heavy atom. The summed E-state index contributed by atoms with van der Waals surface area (Å²) in [6.07, 6.45) is 1.21. The second kappa shape index (κ2) is 5.98. The van der Waals surface area contributed by atoms with Crippen molar-refractivity contribution in [3.8, 4) is 0 Å². The van der Waals surface area contributed by atoms with Crippen LogP contribution in [0.3, 0.4) is 0 Å². The molecule has 1 aromatic carbocycles. The zero-order valence-electron chi connectivity index (χ0n) is 11.9. The molecule has 0 saturated heterocycles. The van der Waals surface area contributed by atoms with Gasteiger partial charge in [0.2, 0.25) is 0 Å². The molecule has 0 aliphatic carbocycles. The Balaban J connectivity index is 2.17. The van der Waals surface area contributed by atoms with Crippen LogP contribution in [-0.4, -0.2) is 32.4 Å². The Morgan fingerprint density at radius 1 is 1.44 bits per heavy atom. The van der Waals surface area contributed by atoms with Gasteiger partial charge in [-0.25, -0.2) is 0 Å². The highest BCUT2D eigenvalue weighted by molar-refractivity contribution is 7.99. The SMILES string of the molecule is CNCCC1CSc2cc(C(C)C)ccc2N1C. The van der Waals surface area contributed by atoms with Gasteiger partial charge in [-0.2, -0.15) is 0 Å². The molecule has 0 radical (unpaired) electrons. The molecule has 0 aromatic heterocycles. The number of nitrogens with zero attached hydrogens (tertiary/aromatic N) is 1. The predicted molar refractivity (Wildman–Crippen MR) is 82.0 cm³/mol. The summed E-state index contributed by atoms with van der Waals surface area (Å²) in [5.74, 6) is 1.82. The summed E-state index contributed by atoms with van der Waals surface area (Å²) in [6, 6.07) is 7.60. The van der Waals surface area contributed by atoms with E-state index in [1.165, 1.54) is 28.3 Å². The van der Waals surface area contributed by atoms with Crippen LogP contribution in [-0.2, 0) is 0 Å². The molecule has 0 spiro atoms. The van der Waals surface area contributed by atoms with Gasteiger partial charge in [-0.3, -0.25) is 0 Å². The third-order valence-corrected chi connectivity index (χ3v) is 4.93. The smallest absolute Gasteiger partial charge is 0.0504 e. The van der Waals surface area contributed by atoms with Crippen molar-refractivity contribution in [2.24, 2.45) is 0 Å². The number of hydrogen-bond donors (Lipinski definition) is 1. The number of fused-ring (bicyclic) bond motifs is 1. The van der Waals surface area contributed by atoms with Gasteiger partial charge in [0.25, 0.3) is 0 Å². The van der Waals surface area contributed by atoms with Gasteiger partial charge < -0.3 is 10.2 Å². The van der Waals surface area contributed by atoms with Crippen LogP contribution in [0.25, 0.3) is 0 Å². The standard InChI is InChI=1S/C15H24N2S/c1-11(2)12-5-6-14-15(9-12)18-10-13(17(14)4)7-8-16-3/h5-6,9,11,13,16H,7-8,10H2,1-4H3. The van der Waals surface area contributed by atoms with Crippen molar-refractivity contribution in [2.75, 3.05) is 31.3 Å². The average Bonchev–Trinajstić information content (AvgIpc) is 2.37. The third kappa shape index (κ3) is 2.83. The Labute approximate surface area is 115 Å². The molecule has 1 aliphatic rings. The molecule has 3 heteroatoms. The quantitative estimate of drug-likeness (QED) is 0.898. The molecular weight excluding hydrogens is 240 g/mol. The van der Waals surface area contributed by atoms with Crippen LogP contribution in [0.1, 0.15) is 31.7 Å². The van der Waals surface area contributed by atoms with Crippen molar-refractivity contribution < 1.29 is 0 Å². The monoisotopic (exact) mass is 264 g/mol. The van der Waals surface area contributed by atoms with Crippen LogP contribution < -0.4 is 10.2 Å². The largest absolute Gasteiger partial charge is 0.370 e. The number of nitrogens with one attached hydrogen (secondary N) is 1. The van der Waals surface area contributed by atoms with Crippen LogP contribution >= 0.6 is 11.8 Å². The van der Waals surface area contributed by atoms with Gasteiger partial charge in [0.05, 0.1) is 5.69 Å². The zero-order chi connectivity index (χ0) is 13.1. The van der Waals surface area contributed by atoms with E-state index in [0.717, 1.165) is 6.54 Å². The summed E-state index contributed by atoms with van der Waals surface area (Å²) in [6.45, 7) is 5.61. The average molecular weight is 264 g/mol. The summed E-state index contributed by atoms with van der Waals surface area (Å²) in [5.41, 5.74) is 2.85. The maximum atomic E-state index is 3.25. The van der Waals surface area contributed by atoms with E-state index in [-0.39, 0.29) is 0 Å². The predicted octanol–water partition coefficient (Wildman–Crippen LogP) is 3.33. The molecule has 0 fully saturated rings. The summed E-state index contributed by atoms with van der Waals surface area (Å²) < 4.78 is 0. The molecule has 0 bridgehead atoms. The summed E-state index contributed by atoms with van der Waals surface area (Å²) in [5, 5.41) is 3.25. The molecule has 100 valence electrons. The fourth-order valence-corrected chi connectivity index (χ4v) is 3.72. The second-order valence-corrected chi connectivity index (χ2v) is 6.41. The Kier molecular flexibility index (Phi) is 4.57. The first-order valence-electron chi connectivity index (χ1n) is 6.77. The second-order valence-electron chi connectivity index (χ2n) is 5.35. The Bertz CT molecular complexity index is 403. The molecular formula is C15H24N2S. The lowest BCUT2D eigenvalue weighted by atomic mass is 10.0. The maximum absolute atomic E-state index is 3.25. The lowest BCUT2D eigenvalue weighted by Crippen LogP contribution is -2.38. The van der Waals surface area contributed by atoms with E-state index in [1.807, 2.05) is 18.8 Å². The van der Waals surface area contributed by atoms with Crippen LogP contribution in [0.4, 0.5) is 5.69 Å². The lowest BCUT2D eigenvalue weighted by Gasteiger charge is -2.36. The highest BCUT2D eigenvalue weighted by Gasteiger charge is 2.23. The van der Waals surface area contributed by atoms with Crippen molar-refractivity contribution in [2.45, 2.75) is 37.1 Å². The fraction of sp³-hybridized carbons (Fsp3) is 0.600. The topological polar surface area (TPSA) is 15.3 Å². The Morgan fingerprint density at radius 2 is 2.22 bits per heavy atom. The van der Waals surface area contributed by atoms with E-state index in [2.05, 4.69) is 49.3 Å². The number of anilines is 1. The van der Waals surface area contributed by atoms with Gasteiger partial charge in [0, 0.05) is 23.7 Å². The first kappa shape index (κ1) is 13.8. The number of benzene rings is 1. The van der Waals surface area contributed by atoms with Gasteiger partial charge in [0.1, 0.15) is 0 Å². The van der Waals surface area contributed by atoms with Gasteiger partial charge in [-0.05, 0) is 43.6 Å². The van der Waals surface area contributed by atoms with Gasteiger partial charge >= 0.3 is 0 Å². The van der Waals surface area contributed by atoms with Gasteiger partial charge in [0.15, 0.2) is 0 Å². The van der Waals surface area contributed by atoms with E-state index in [0.29, 0.717) is 12.0 Å². The highest BCUT2D eigenvalue weighted by Crippen LogP contribution is 2.38. The van der Waals surface area contributed by atoms with E-state index >= 15 is 0 Å². The summed E-state index contributed by atoms with van der Waals surface area (Å²) in [7, 11) is 4.26. The number of rotatable bonds is 4. The van der Waals surface area contributed by atoms with Crippen molar-refractivity contribution in [3.05, 3.63) is 23.8 Å². The fourth-order valence-electron chi connectivity index (χ4n) is 2.38. The van der Waals surface area contributed by atoms with Crippen LogP contribution in [0, 0.1) is 0 Å². The minimum absolute atomic E-state index is 0.614. The molecule has 1 heterocycles. The molecule has 2 nitrogen and oxygen atoms in total. The van der Waals surface area contributed by atoms with E-state index in [4.69, 9.17) is 0 Å². The van der Waals surface area contributed by atoms with Crippen LogP contribution in [0.2, 0.25) is 0 Å². The summed E-state index contributed by atoms with van der Waals surface area (Å²) >= 11 is 2.01. The van der Waals surface area contributed by atoms with E-state index in [9.17, 15) is 0 Å². The zero-order valence-corrected chi connectivity index (χ0v) is 12.7. The Hall–Kier alpha value is -0.670. The normalized spacial score (nSPS) is 19.2. The molecule has 1 aromatic rings. The molecule has 1 atom stereocenters. The van der Waals surface area contributed by atoms with Crippen molar-refractivity contribution in [3.63, 3.8) is 0 Å². The number of thioether (sulfide) groups is 1. The molecule has 1 N–H and O–H groups in total. The minimum Gasteiger partial charge on any atom is -0.370 e. The van der Waals surface area contributed by atoms with Gasteiger partial charge in [-0.15, -0.1) is 11.8 Å². The molecule has 1 unspecified atom stereocenters. The van der Waals surface area contributed by atoms with E-state index in [1.54, 1.807) is 0 Å². The highest BCUT2D eigenvalue weighted by atomic mass is 32.2. The summed E-state index contributed by atoms with van der Waals surface area (Å²) in [4.78, 5) is 3.90. The number of hydrogen-bond acceptors (Lipinski definition) is 3. The van der Waals surface area contributed by atoms with Gasteiger partial charge in [-0.1, -0.05) is 19.9 Å². The first-order chi connectivity index (χ1) is 8.63. The lowest BCUT2D eigenvalue weighted by molar-refractivity contribution is 0.598. The van der Waals surface area contributed by atoms with Crippen molar-refractivity contribution >= 4 is 17.4 Å². The third-order valence-electron chi connectivity index (χ3n) is 3.74. The van der Waals surface area contributed by atoms with Crippen LogP contribution in [0.5, 0.6) is 0 Å². The molecule has 2 rings (SSSR count). The maximum Gasteiger partial charge on any atom is 0.0504 e. The van der Waals surface area contributed by atoms with Crippen LogP contribution in [0.15, 0.2) is 23.1 Å². The van der Waals surface area contributed by atoms with E-state index < -0.39 is 0 Å². The minimum atomic E-state index is 0.614. The van der Waals surface area contributed by atoms with Crippen molar-refractivity contribution in [1.29, 1.82) is 0 Å². The molecule has 0 saturated carbocycles. The molecule has 0 amide bonds. The molecule has 18 heavy (non-hydrogen) atoms. The first-order valence-corrected chi connectivity index (χ1v) is 7.76.